The molecule has 0 radical (unpaired) electrons. The maximum atomic E-state index is 13.6. The Morgan fingerprint density at radius 2 is 1.81 bits per heavy atom. The van der Waals surface area contributed by atoms with E-state index in [0.717, 1.165) is 31.7 Å². The maximum Gasteiger partial charge on any atom is 0.387 e. The van der Waals surface area contributed by atoms with Gasteiger partial charge in [0.25, 0.3) is 0 Å². The molecule has 0 bridgehead atoms. The SMILES string of the molecule is CN(c1cc(OC(F)F)c(F)cc1N)C1CCCCCC1. The van der Waals surface area contributed by atoms with Crippen molar-refractivity contribution in [1.82, 2.24) is 0 Å². The van der Waals surface area contributed by atoms with Crippen LogP contribution in [0.1, 0.15) is 38.5 Å². The molecule has 3 nitrogen and oxygen atoms in total. The molecule has 0 aromatic heterocycles. The molecule has 0 unspecified atom stereocenters. The Kier molecular flexibility index (Phi) is 5.20. The van der Waals surface area contributed by atoms with Gasteiger partial charge in [0.1, 0.15) is 0 Å². The van der Waals surface area contributed by atoms with Crippen molar-refractivity contribution in [2.45, 2.75) is 51.2 Å². The topological polar surface area (TPSA) is 38.5 Å². The monoisotopic (exact) mass is 302 g/mol. The Hall–Kier alpha value is -1.59. The van der Waals surface area contributed by atoms with Gasteiger partial charge in [-0.1, -0.05) is 25.7 Å². The molecule has 0 spiro atoms. The Morgan fingerprint density at radius 3 is 2.38 bits per heavy atom. The largest absolute Gasteiger partial charge is 0.432 e. The average molecular weight is 302 g/mol. The van der Waals surface area contributed by atoms with Gasteiger partial charge in [0.05, 0.1) is 11.4 Å². The first-order chi connectivity index (χ1) is 9.99. The van der Waals surface area contributed by atoms with E-state index in [-0.39, 0.29) is 5.69 Å². The van der Waals surface area contributed by atoms with Crippen LogP contribution in [-0.2, 0) is 0 Å². The lowest BCUT2D eigenvalue weighted by atomic mass is 10.1. The fraction of sp³-hybridized carbons (Fsp3) is 0.600. The summed E-state index contributed by atoms with van der Waals surface area (Å²) in [5.41, 5.74) is 6.62. The summed E-state index contributed by atoms with van der Waals surface area (Å²) in [6.45, 7) is -3.06. The molecule has 0 amide bonds. The zero-order chi connectivity index (χ0) is 15.4. The Morgan fingerprint density at radius 1 is 1.19 bits per heavy atom. The van der Waals surface area contributed by atoms with Gasteiger partial charge in [0.2, 0.25) is 0 Å². The van der Waals surface area contributed by atoms with Crippen LogP contribution in [0.15, 0.2) is 12.1 Å². The number of halogens is 3. The summed E-state index contributed by atoms with van der Waals surface area (Å²) in [6, 6.07) is 2.60. The van der Waals surface area contributed by atoms with Gasteiger partial charge in [-0.3, -0.25) is 0 Å². The second kappa shape index (κ2) is 6.91. The van der Waals surface area contributed by atoms with E-state index >= 15 is 0 Å². The minimum atomic E-state index is -3.06. The lowest BCUT2D eigenvalue weighted by Crippen LogP contribution is -2.31. The van der Waals surface area contributed by atoms with E-state index in [4.69, 9.17) is 5.73 Å². The number of nitrogens with two attached hydrogens (primary N) is 1. The number of nitrogen functional groups attached to an aromatic ring is 1. The molecule has 1 aromatic rings. The van der Waals surface area contributed by atoms with Gasteiger partial charge in [0.15, 0.2) is 11.6 Å². The fourth-order valence-corrected chi connectivity index (χ4v) is 2.89. The fourth-order valence-electron chi connectivity index (χ4n) is 2.89. The highest BCUT2D eigenvalue weighted by Gasteiger charge is 2.21. The van der Waals surface area contributed by atoms with E-state index in [1.54, 1.807) is 0 Å². The van der Waals surface area contributed by atoms with E-state index < -0.39 is 18.2 Å². The maximum absolute atomic E-state index is 13.6. The van der Waals surface area contributed by atoms with Crippen LogP contribution in [0.4, 0.5) is 24.5 Å². The number of rotatable bonds is 4. The molecule has 0 heterocycles. The van der Waals surface area contributed by atoms with Crippen molar-refractivity contribution >= 4 is 11.4 Å². The standard InChI is InChI=1S/C15H21F3N2O/c1-20(10-6-4-2-3-5-7-10)13-9-14(21-15(17)18)11(16)8-12(13)19/h8-10,15H,2-7,19H2,1H3. The summed E-state index contributed by atoms with van der Waals surface area (Å²) >= 11 is 0. The normalized spacial score (nSPS) is 16.8. The zero-order valence-corrected chi connectivity index (χ0v) is 12.1. The lowest BCUT2D eigenvalue weighted by molar-refractivity contribution is -0.0521. The minimum Gasteiger partial charge on any atom is -0.432 e. The quantitative estimate of drug-likeness (QED) is 0.670. The highest BCUT2D eigenvalue weighted by Crippen LogP contribution is 2.34. The van der Waals surface area contributed by atoms with E-state index in [9.17, 15) is 13.2 Å². The summed E-state index contributed by atoms with van der Waals surface area (Å²) in [5, 5.41) is 0. The highest BCUT2D eigenvalue weighted by atomic mass is 19.3. The third-order valence-corrected chi connectivity index (χ3v) is 4.05. The summed E-state index contributed by atoms with van der Waals surface area (Å²) in [4.78, 5) is 1.96. The number of anilines is 2. The molecular formula is C15H21F3N2O. The van der Waals surface area contributed by atoms with E-state index in [1.807, 2.05) is 11.9 Å². The first-order valence-electron chi connectivity index (χ1n) is 7.25. The summed E-state index contributed by atoms with van der Waals surface area (Å²) < 4.78 is 42.4. The molecule has 1 fully saturated rings. The number of hydrogen-bond acceptors (Lipinski definition) is 3. The van der Waals surface area contributed by atoms with Gasteiger partial charge in [-0.05, 0) is 12.8 Å². The molecule has 0 aliphatic heterocycles. The van der Waals surface area contributed by atoms with Crippen LogP contribution >= 0.6 is 0 Å². The number of nitrogens with zero attached hydrogens (tertiary/aromatic N) is 1. The van der Waals surface area contributed by atoms with Crippen molar-refractivity contribution in [2.24, 2.45) is 0 Å². The molecule has 1 saturated carbocycles. The Bertz CT molecular complexity index is 474. The van der Waals surface area contributed by atoms with Gasteiger partial charge in [-0.2, -0.15) is 8.78 Å². The summed E-state index contributed by atoms with van der Waals surface area (Å²) in [7, 11) is 1.87. The van der Waals surface area contributed by atoms with Crippen molar-refractivity contribution < 1.29 is 17.9 Å². The number of ether oxygens (including phenoxy) is 1. The molecular weight excluding hydrogens is 281 g/mol. The van der Waals surface area contributed by atoms with Crippen LogP contribution in [0.25, 0.3) is 0 Å². The number of hydrogen-bond donors (Lipinski definition) is 1. The molecule has 0 atom stereocenters. The van der Waals surface area contributed by atoms with E-state index in [2.05, 4.69) is 4.74 Å². The van der Waals surface area contributed by atoms with Crippen LogP contribution in [0.5, 0.6) is 5.75 Å². The first-order valence-corrected chi connectivity index (χ1v) is 7.25. The van der Waals surface area contributed by atoms with Crippen molar-refractivity contribution in [3.8, 4) is 5.75 Å². The summed E-state index contributed by atoms with van der Waals surface area (Å²) in [6.07, 6.45) is 6.75. The average Bonchev–Trinajstić information content (AvgIpc) is 2.69. The first kappa shape index (κ1) is 15.8. The number of benzene rings is 1. The molecule has 21 heavy (non-hydrogen) atoms. The molecule has 118 valence electrons. The molecule has 6 heteroatoms. The Labute approximate surface area is 122 Å². The van der Waals surface area contributed by atoms with Gasteiger partial charge >= 0.3 is 6.61 Å². The minimum absolute atomic E-state index is 0.237. The van der Waals surface area contributed by atoms with E-state index in [0.29, 0.717) is 11.7 Å². The van der Waals surface area contributed by atoms with Gasteiger partial charge < -0.3 is 15.4 Å². The Balaban J connectivity index is 2.24. The molecule has 1 aliphatic carbocycles. The second-order valence-electron chi connectivity index (χ2n) is 5.48. The highest BCUT2D eigenvalue weighted by molar-refractivity contribution is 5.70. The predicted octanol–water partition coefficient (Wildman–Crippen LogP) is 4.17. The van der Waals surface area contributed by atoms with Crippen LogP contribution in [-0.4, -0.2) is 19.7 Å². The van der Waals surface area contributed by atoms with Gasteiger partial charge in [0, 0.05) is 25.2 Å². The molecule has 1 aromatic carbocycles. The molecule has 0 saturated heterocycles. The zero-order valence-electron chi connectivity index (χ0n) is 12.1. The van der Waals surface area contributed by atoms with Crippen molar-refractivity contribution in [3.63, 3.8) is 0 Å². The third-order valence-electron chi connectivity index (χ3n) is 4.05. The van der Waals surface area contributed by atoms with Crippen molar-refractivity contribution in [3.05, 3.63) is 17.9 Å². The predicted molar refractivity (Wildman–Crippen MR) is 77.3 cm³/mol. The van der Waals surface area contributed by atoms with Crippen LogP contribution in [0.3, 0.4) is 0 Å². The smallest absolute Gasteiger partial charge is 0.387 e. The molecule has 2 rings (SSSR count). The second-order valence-corrected chi connectivity index (χ2v) is 5.48. The van der Waals surface area contributed by atoms with Crippen molar-refractivity contribution in [1.29, 1.82) is 0 Å². The van der Waals surface area contributed by atoms with Crippen LogP contribution in [0, 0.1) is 5.82 Å². The summed E-state index contributed by atoms with van der Waals surface area (Å²) in [5.74, 6) is -1.33. The van der Waals surface area contributed by atoms with Crippen molar-refractivity contribution in [2.75, 3.05) is 17.7 Å². The third kappa shape index (κ3) is 3.95. The van der Waals surface area contributed by atoms with Crippen LogP contribution in [0.2, 0.25) is 0 Å². The van der Waals surface area contributed by atoms with Crippen LogP contribution < -0.4 is 15.4 Å². The van der Waals surface area contributed by atoms with E-state index in [1.165, 1.54) is 18.9 Å². The lowest BCUT2D eigenvalue weighted by Gasteiger charge is -2.30. The number of alkyl halides is 2. The molecule has 1 aliphatic rings. The van der Waals surface area contributed by atoms with Gasteiger partial charge in [-0.15, -0.1) is 0 Å². The molecule has 2 N–H and O–H groups in total. The van der Waals surface area contributed by atoms with Gasteiger partial charge in [-0.25, -0.2) is 4.39 Å².